The summed E-state index contributed by atoms with van der Waals surface area (Å²) in [4.78, 5) is 10.4. The van der Waals surface area contributed by atoms with Crippen molar-refractivity contribution in [1.82, 2.24) is 0 Å². The number of hydrogen-bond donors (Lipinski definition) is 0. The van der Waals surface area contributed by atoms with Gasteiger partial charge in [-0.15, -0.1) is 0 Å². The van der Waals surface area contributed by atoms with E-state index in [2.05, 4.69) is 15.9 Å². The molecule has 2 rings (SSSR count). The van der Waals surface area contributed by atoms with Crippen LogP contribution in [0.15, 0.2) is 46.9 Å². The van der Waals surface area contributed by atoms with Crippen LogP contribution in [-0.4, -0.2) is 12.0 Å². The van der Waals surface area contributed by atoms with Gasteiger partial charge in [0.05, 0.1) is 29.7 Å². The molecule has 21 heavy (non-hydrogen) atoms. The molecule has 0 saturated carbocycles. The van der Waals surface area contributed by atoms with Gasteiger partial charge in [-0.2, -0.15) is 0 Å². The lowest BCUT2D eigenvalue weighted by molar-refractivity contribution is -0.385. The Hall–Kier alpha value is -1.92. The molecule has 0 aromatic heterocycles. The van der Waals surface area contributed by atoms with Crippen LogP contribution < -0.4 is 4.74 Å². The number of ether oxygens (including phenoxy) is 2. The first-order chi connectivity index (χ1) is 10.1. The van der Waals surface area contributed by atoms with Gasteiger partial charge in [-0.05, 0) is 45.3 Å². The van der Waals surface area contributed by atoms with Crippen LogP contribution in [0.3, 0.4) is 0 Å². The van der Waals surface area contributed by atoms with Crippen LogP contribution in [0.25, 0.3) is 0 Å². The maximum absolute atomic E-state index is 10.9. The van der Waals surface area contributed by atoms with Crippen molar-refractivity contribution in [2.45, 2.75) is 13.2 Å². The number of halogens is 1. The van der Waals surface area contributed by atoms with Crippen molar-refractivity contribution in [2.24, 2.45) is 0 Å². The third kappa shape index (κ3) is 4.27. The van der Waals surface area contributed by atoms with Crippen LogP contribution in [0, 0.1) is 10.1 Å². The van der Waals surface area contributed by atoms with E-state index in [9.17, 15) is 10.1 Å². The summed E-state index contributed by atoms with van der Waals surface area (Å²) in [5.74, 6) is 0.773. The van der Waals surface area contributed by atoms with Crippen LogP contribution in [-0.2, 0) is 18.0 Å². The van der Waals surface area contributed by atoms with E-state index in [4.69, 9.17) is 9.47 Å². The van der Waals surface area contributed by atoms with Crippen molar-refractivity contribution >= 4 is 21.6 Å². The summed E-state index contributed by atoms with van der Waals surface area (Å²) in [6.07, 6.45) is 0. The molecule has 0 radical (unpaired) electrons. The van der Waals surface area contributed by atoms with E-state index in [1.54, 1.807) is 19.2 Å². The SMILES string of the molecule is COc1cccc(COCc2ccc(Br)c([N+](=O)[O-])c2)c1. The molecule has 0 aliphatic heterocycles. The van der Waals surface area contributed by atoms with Gasteiger partial charge < -0.3 is 9.47 Å². The fraction of sp³-hybridized carbons (Fsp3) is 0.200. The minimum Gasteiger partial charge on any atom is -0.497 e. The van der Waals surface area contributed by atoms with Crippen LogP contribution >= 0.6 is 15.9 Å². The molecule has 0 aliphatic carbocycles. The highest BCUT2D eigenvalue weighted by molar-refractivity contribution is 9.10. The summed E-state index contributed by atoms with van der Waals surface area (Å²) in [5, 5.41) is 10.9. The quantitative estimate of drug-likeness (QED) is 0.581. The van der Waals surface area contributed by atoms with Crippen LogP contribution in [0.2, 0.25) is 0 Å². The Morgan fingerprint density at radius 1 is 1.14 bits per heavy atom. The van der Waals surface area contributed by atoms with E-state index in [-0.39, 0.29) is 5.69 Å². The molecule has 2 aromatic rings. The van der Waals surface area contributed by atoms with Crippen LogP contribution in [0.5, 0.6) is 5.75 Å². The number of nitrogens with zero attached hydrogens (tertiary/aromatic N) is 1. The Morgan fingerprint density at radius 2 is 1.86 bits per heavy atom. The van der Waals surface area contributed by atoms with E-state index in [1.807, 2.05) is 24.3 Å². The third-order valence-electron chi connectivity index (χ3n) is 2.88. The van der Waals surface area contributed by atoms with Gasteiger partial charge in [0.25, 0.3) is 5.69 Å². The molecule has 0 heterocycles. The number of nitro benzene ring substituents is 1. The van der Waals surface area contributed by atoms with E-state index in [1.165, 1.54) is 6.07 Å². The van der Waals surface area contributed by atoms with E-state index in [0.29, 0.717) is 17.7 Å². The zero-order chi connectivity index (χ0) is 15.2. The monoisotopic (exact) mass is 351 g/mol. The van der Waals surface area contributed by atoms with Crippen LogP contribution in [0.4, 0.5) is 5.69 Å². The Labute approximate surface area is 130 Å². The second-order valence-corrected chi connectivity index (χ2v) is 5.24. The van der Waals surface area contributed by atoms with Gasteiger partial charge in [0.15, 0.2) is 0 Å². The van der Waals surface area contributed by atoms with Crippen molar-refractivity contribution in [3.63, 3.8) is 0 Å². The van der Waals surface area contributed by atoms with E-state index in [0.717, 1.165) is 16.9 Å². The Morgan fingerprint density at radius 3 is 2.52 bits per heavy atom. The highest BCUT2D eigenvalue weighted by atomic mass is 79.9. The summed E-state index contributed by atoms with van der Waals surface area (Å²) in [6, 6.07) is 12.5. The lowest BCUT2D eigenvalue weighted by Crippen LogP contribution is -1.97. The molecule has 0 saturated heterocycles. The molecule has 0 N–H and O–H groups in total. The molecule has 0 fully saturated rings. The van der Waals surface area contributed by atoms with Crippen LogP contribution in [0.1, 0.15) is 11.1 Å². The van der Waals surface area contributed by atoms with Crippen molar-refractivity contribution in [1.29, 1.82) is 0 Å². The molecule has 0 spiro atoms. The van der Waals surface area contributed by atoms with E-state index >= 15 is 0 Å². The number of benzene rings is 2. The molecule has 0 unspecified atom stereocenters. The molecule has 0 aliphatic rings. The second-order valence-electron chi connectivity index (χ2n) is 4.39. The minimum absolute atomic E-state index is 0.0393. The third-order valence-corrected chi connectivity index (χ3v) is 3.55. The lowest BCUT2D eigenvalue weighted by atomic mass is 10.2. The number of nitro groups is 1. The number of rotatable bonds is 6. The van der Waals surface area contributed by atoms with Gasteiger partial charge in [-0.1, -0.05) is 18.2 Å². The average Bonchev–Trinajstić information content (AvgIpc) is 2.49. The normalized spacial score (nSPS) is 10.4. The summed E-state index contributed by atoms with van der Waals surface area (Å²) in [5.41, 5.74) is 1.78. The molecular weight excluding hydrogens is 338 g/mol. The predicted octanol–water partition coefficient (Wildman–Crippen LogP) is 4.08. The minimum atomic E-state index is -0.421. The Balaban J connectivity index is 1.97. The van der Waals surface area contributed by atoms with Crippen molar-refractivity contribution in [3.05, 3.63) is 68.2 Å². The highest BCUT2D eigenvalue weighted by Crippen LogP contribution is 2.26. The molecule has 5 nitrogen and oxygen atoms in total. The van der Waals surface area contributed by atoms with Crippen molar-refractivity contribution < 1.29 is 14.4 Å². The summed E-state index contributed by atoms with van der Waals surface area (Å²) >= 11 is 3.16. The van der Waals surface area contributed by atoms with Gasteiger partial charge in [0.2, 0.25) is 0 Å². The van der Waals surface area contributed by atoms with E-state index < -0.39 is 4.92 Å². The topological polar surface area (TPSA) is 61.6 Å². The smallest absolute Gasteiger partial charge is 0.283 e. The largest absolute Gasteiger partial charge is 0.497 e. The first kappa shape index (κ1) is 15.5. The fourth-order valence-electron chi connectivity index (χ4n) is 1.84. The van der Waals surface area contributed by atoms with Gasteiger partial charge in [0.1, 0.15) is 5.75 Å². The molecular formula is C15H14BrNO4. The highest BCUT2D eigenvalue weighted by Gasteiger charge is 2.12. The van der Waals surface area contributed by atoms with Crippen molar-refractivity contribution in [2.75, 3.05) is 7.11 Å². The Bertz CT molecular complexity index is 645. The molecule has 0 amide bonds. The summed E-state index contributed by atoms with van der Waals surface area (Å²) in [7, 11) is 1.61. The fourth-order valence-corrected chi connectivity index (χ4v) is 2.23. The second kappa shape index (κ2) is 7.19. The molecule has 6 heteroatoms. The molecule has 0 atom stereocenters. The average molecular weight is 352 g/mol. The number of methoxy groups -OCH3 is 1. The molecule has 0 bridgehead atoms. The zero-order valence-corrected chi connectivity index (χ0v) is 13.0. The summed E-state index contributed by atoms with van der Waals surface area (Å²) < 4.78 is 11.2. The van der Waals surface area contributed by atoms with Gasteiger partial charge in [-0.3, -0.25) is 10.1 Å². The molecule has 110 valence electrons. The first-order valence-corrected chi connectivity index (χ1v) is 7.03. The van der Waals surface area contributed by atoms with Gasteiger partial charge in [0, 0.05) is 6.07 Å². The predicted molar refractivity (Wildman–Crippen MR) is 82.3 cm³/mol. The zero-order valence-electron chi connectivity index (χ0n) is 11.4. The molecule has 2 aromatic carbocycles. The first-order valence-electron chi connectivity index (χ1n) is 6.23. The maximum atomic E-state index is 10.9. The van der Waals surface area contributed by atoms with Gasteiger partial charge >= 0.3 is 0 Å². The lowest BCUT2D eigenvalue weighted by Gasteiger charge is -2.07. The standard InChI is InChI=1S/C15H14BrNO4/c1-20-13-4-2-3-11(7-13)9-21-10-12-5-6-14(16)15(8-12)17(18)19/h2-8H,9-10H2,1H3. The van der Waals surface area contributed by atoms with Gasteiger partial charge in [-0.25, -0.2) is 0 Å². The maximum Gasteiger partial charge on any atom is 0.283 e. The Kier molecular flexibility index (Phi) is 5.30. The summed E-state index contributed by atoms with van der Waals surface area (Å²) in [6.45, 7) is 0.729. The number of hydrogen-bond acceptors (Lipinski definition) is 4. The van der Waals surface area contributed by atoms with Crippen molar-refractivity contribution in [3.8, 4) is 5.75 Å².